The summed E-state index contributed by atoms with van der Waals surface area (Å²) in [5.74, 6) is -0.232. The molecule has 0 fully saturated rings. The Morgan fingerprint density at radius 1 is 0.821 bits per heavy atom. The fourth-order valence-electron chi connectivity index (χ4n) is 2.97. The number of hydrogen-bond donors (Lipinski definition) is 2. The van der Waals surface area contributed by atoms with E-state index in [0.29, 0.717) is 11.6 Å². The van der Waals surface area contributed by atoms with E-state index in [1.54, 1.807) is 12.1 Å². The molecule has 0 saturated heterocycles. The van der Waals surface area contributed by atoms with Crippen molar-refractivity contribution in [2.24, 2.45) is 0 Å². The lowest BCUT2D eigenvalue weighted by Crippen LogP contribution is -2.34. The van der Waals surface area contributed by atoms with Crippen molar-refractivity contribution in [3.63, 3.8) is 0 Å². The van der Waals surface area contributed by atoms with Crippen LogP contribution in [-0.2, 0) is 0 Å². The van der Waals surface area contributed by atoms with E-state index in [1.165, 1.54) is 0 Å². The van der Waals surface area contributed by atoms with E-state index in [1.807, 2.05) is 60.7 Å². The number of nitrogens with one attached hydrogen (secondary N) is 2. The first-order valence-electron chi connectivity index (χ1n) is 9.16. The second-order valence-electron chi connectivity index (χ2n) is 6.62. The van der Waals surface area contributed by atoms with Gasteiger partial charge in [0, 0.05) is 28.7 Å². The standard InChI is InChI=1S/C23H23N3OS/c1-17(2)26(20-11-7-4-8-12-20)21-15-13-19(14-16-21)24-23(28)25-22(27)18-9-5-3-6-10-18/h3-17H,1-2H3,(H2,24,25,27,28). The molecule has 28 heavy (non-hydrogen) atoms. The largest absolute Gasteiger partial charge is 0.339 e. The van der Waals surface area contributed by atoms with E-state index in [4.69, 9.17) is 12.2 Å². The summed E-state index contributed by atoms with van der Waals surface area (Å²) in [6.07, 6.45) is 0. The van der Waals surface area contributed by atoms with Gasteiger partial charge in [-0.05, 0) is 74.6 Å². The molecule has 0 aliphatic heterocycles. The molecule has 0 aromatic heterocycles. The third-order valence-electron chi connectivity index (χ3n) is 4.22. The van der Waals surface area contributed by atoms with E-state index in [9.17, 15) is 4.79 Å². The van der Waals surface area contributed by atoms with Gasteiger partial charge in [0.25, 0.3) is 5.91 Å². The fourth-order valence-corrected chi connectivity index (χ4v) is 3.18. The van der Waals surface area contributed by atoms with Crippen LogP contribution < -0.4 is 15.5 Å². The number of rotatable bonds is 5. The predicted molar refractivity (Wildman–Crippen MR) is 120 cm³/mol. The second-order valence-corrected chi connectivity index (χ2v) is 7.03. The second kappa shape index (κ2) is 9.15. The Balaban J connectivity index is 1.67. The van der Waals surface area contributed by atoms with Crippen molar-refractivity contribution in [1.82, 2.24) is 5.32 Å². The van der Waals surface area contributed by atoms with Gasteiger partial charge in [-0.25, -0.2) is 0 Å². The molecule has 3 aromatic rings. The zero-order valence-corrected chi connectivity index (χ0v) is 16.7. The van der Waals surface area contributed by atoms with Crippen LogP contribution in [0.3, 0.4) is 0 Å². The molecule has 0 heterocycles. The van der Waals surface area contributed by atoms with Gasteiger partial charge in [-0.3, -0.25) is 10.1 Å². The summed E-state index contributed by atoms with van der Waals surface area (Å²) in [4.78, 5) is 14.4. The molecule has 0 radical (unpaired) electrons. The van der Waals surface area contributed by atoms with Crippen LogP contribution >= 0.6 is 12.2 Å². The van der Waals surface area contributed by atoms with Crippen molar-refractivity contribution in [3.8, 4) is 0 Å². The average molecular weight is 390 g/mol. The van der Waals surface area contributed by atoms with Crippen LogP contribution in [0.5, 0.6) is 0 Å². The number of nitrogens with zero attached hydrogens (tertiary/aromatic N) is 1. The molecule has 3 rings (SSSR count). The molecule has 0 aliphatic rings. The molecule has 0 unspecified atom stereocenters. The van der Waals surface area contributed by atoms with Crippen LogP contribution in [0.2, 0.25) is 0 Å². The lowest BCUT2D eigenvalue weighted by molar-refractivity contribution is 0.0977. The van der Waals surface area contributed by atoms with Crippen molar-refractivity contribution < 1.29 is 4.79 Å². The van der Waals surface area contributed by atoms with Crippen LogP contribution in [0.1, 0.15) is 24.2 Å². The number of carbonyl (C=O) groups excluding carboxylic acids is 1. The Labute approximate surface area is 171 Å². The van der Waals surface area contributed by atoms with Gasteiger partial charge >= 0.3 is 0 Å². The monoisotopic (exact) mass is 389 g/mol. The maximum absolute atomic E-state index is 12.2. The van der Waals surface area contributed by atoms with Crippen LogP contribution in [0, 0.1) is 0 Å². The maximum Gasteiger partial charge on any atom is 0.257 e. The first-order valence-corrected chi connectivity index (χ1v) is 9.57. The smallest absolute Gasteiger partial charge is 0.257 e. The number of hydrogen-bond acceptors (Lipinski definition) is 3. The third kappa shape index (κ3) is 4.96. The molecule has 4 nitrogen and oxygen atoms in total. The highest BCUT2D eigenvalue weighted by Crippen LogP contribution is 2.28. The molecule has 3 aromatic carbocycles. The van der Waals surface area contributed by atoms with Gasteiger partial charge in [0.05, 0.1) is 0 Å². The summed E-state index contributed by atoms with van der Waals surface area (Å²) in [6.45, 7) is 4.32. The summed E-state index contributed by atoms with van der Waals surface area (Å²) in [7, 11) is 0. The zero-order valence-electron chi connectivity index (χ0n) is 15.9. The Hall–Kier alpha value is -3.18. The number of thiocarbonyl (C=S) groups is 1. The molecule has 0 spiro atoms. The minimum absolute atomic E-state index is 0.232. The lowest BCUT2D eigenvalue weighted by Gasteiger charge is -2.29. The molecule has 5 heteroatoms. The predicted octanol–water partition coefficient (Wildman–Crippen LogP) is 5.36. The number of anilines is 3. The highest BCUT2D eigenvalue weighted by molar-refractivity contribution is 7.80. The number of para-hydroxylation sites is 1. The minimum Gasteiger partial charge on any atom is -0.339 e. The summed E-state index contributed by atoms with van der Waals surface area (Å²) in [5.41, 5.74) is 3.62. The summed E-state index contributed by atoms with van der Waals surface area (Å²) >= 11 is 5.26. The molecule has 142 valence electrons. The highest BCUT2D eigenvalue weighted by atomic mass is 32.1. The van der Waals surface area contributed by atoms with E-state index in [-0.39, 0.29) is 11.0 Å². The summed E-state index contributed by atoms with van der Waals surface area (Å²) < 4.78 is 0. The Morgan fingerprint density at radius 3 is 1.93 bits per heavy atom. The SMILES string of the molecule is CC(C)N(c1ccccc1)c1ccc(NC(=S)NC(=O)c2ccccc2)cc1. The molecule has 0 bridgehead atoms. The Morgan fingerprint density at radius 2 is 1.36 bits per heavy atom. The van der Waals surface area contributed by atoms with Gasteiger partial charge < -0.3 is 10.2 Å². The molecule has 0 saturated carbocycles. The molecule has 0 atom stereocenters. The van der Waals surface area contributed by atoms with Crippen molar-refractivity contribution in [2.75, 3.05) is 10.2 Å². The van der Waals surface area contributed by atoms with E-state index in [2.05, 4.69) is 41.5 Å². The molecular formula is C23H23N3OS. The van der Waals surface area contributed by atoms with Crippen LogP contribution in [0.25, 0.3) is 0 Å². The minimum atomic E-state index is -0.232. The number of benzene rings is 3. The Bertz CT molecular complexity index is 925. The fraction of sp³-hybridized carbons (Fsp3) is 0.130. The van der Waals surface area contributed by atoms with Crippen molar-refractivity contribution >= 4 is 40.3 Å². The highest BCUT2D eigenvalue weighted by Gasteiger charge is 2.13. The lowest BCUT2D eigenvalue weighted by atomic mass is 10.2. The van der Waals surface area contributed by atoms with E-state index < -0.39 is 0 Å². The van der Waals surface area contributed by atoms with Gasteiger partial charge in [-0.1, -0.05) is 36.4 Å². The van der Waals surface area contributed by atoms with Crippen molar-refractivity contribution in [1.29, 1.82) is 0 Å². The summed E-state index contributed by atoms with van der Waals surface area (Å²) in [6, 6.07) is 27.6. The average Bonchev–Trinajstić information content (AvgIpc) is 2.70. The maximum atomic E-state index is 12.2. The Kier molecular flexibility index (Phi) is 6.40. The number of amides is 1. The molecule has 0 aliphatic carbocycles. The molecule has 2 N–H and O–H groups in total. The first kappa shape index (κ1) is 19.6. The van der Waals surface area contributed by atoms with Crippen LogP contribution in [0.4, 0.5) is 17.1 Å². The van der Waals surface area contributed by atoms with E-state index in [0.717, 1.165) is 17.1 Å². The van der Waals surface area contributed by atoms with Gasteiger partial charge in [0.1, 0.15) is 0 Å². The van der Waals surface area contributed by atoms with Crippen molar-refractivity contribution in [3.05, 3.63) is 90.5 Å². The number of carbonyl (C=O) groups is 1. The van der Waals surface area contributed by atoms with Gasteiger partial charge in [-0.2, -0.15) is 0 Å². The zero-order chi connectivity index (χ0) is 19.9. The molecule has 1 amide bonds. The van der Waals surface area contributed by atoms with E-state index >= 15 is 0 Å². The topological polar surface area (TPSA) is 44.4 Å². The van der Waals surface area contributed by atoms with Gasteiger partial charge in [-0.15, -0.1) is 0 Å². The van der Waals surface area contributed by atoms with Gasteiger partial charge in [0.2, 0.25) is 0 Å². The summed E-state index contributed by atoms with van der Waals surface area (Å²) in [5, 5.41) is 6.02. The van der Waals surface area contributed by atoms with Crippen molar-refractivity contribution in [2.45, 2.75) is 19.9 Å². The molecular weight excluding hydrogens is 366 g/mol. The van der Waals surface area contributed by atoms with Crippen LogP contribution in [0.15, 0.2) is 84.9 Å². The third-order valence-corrected chi connectivity index (χ3v) is 4.42. The quantitative estimate of drug-likeness (QED) is 0.577. The van der Waals surface area contributed by atoms with Crippen LogP contribution in [-0.4, -0.2) is 17.1 Å². The first-order chi connectivity index (χ1) is 13.5. The normalized spacial score (nSPS) is 10.4. The van der Waals surface area contributed by atoms with Gasteiger partial charge in [0.15, 0.2) is 5.11 Å².